The summed E-state index contributed by atoms with van der Waals surface area (Å²) in [5, 5.41) is 47.3. The monoisotopic (exact) mass is 894 g/mol. The fourth-order valence-corrected chi connectivity index (χ4v) is 7.79. The topological polar surface area (TPSA) is 167 Å². The van der Waals surface area contributed by atoms with Crippen molar-refractivity contribution in [2.75, 3.05) is 26.3 Å². The summed E-state index contributed by atoms with van der Waals surface area (Å²) in [6.07, 6.45) is 0.996. The predicted octanol–water partition coefficient (Wildman–Crippen LogP) is 10.3. The van der Waals surface area contributed by atoms with Crippen molar-refractivity contribution in [3.05, 3.63) is 167 Å². The van der Waals surface area contributed by atoms with Crippen molar-refractivity contribution < 1.29 is 44.2 Å². The molecule has 0 amide bonds. The van der Waals surface area contributed by atoms with Crippen LogP contribution >= 0.6 is 0 Å². The summed E-state index contributed by atoms with van der Waals surface area (Å²) in [7, 11) is 0. The van der Waals surface area contributed by atoms with Gasteiger partial charge in [0.25, 0.3) is 0 Å². The van der Waals surface area contributed by atoms with Gasteiger partial charge in [-0.3, -0.25) is 0 Å². The Bertz CT molecular complexity index is 2490. The first-order valence-electron chi connectivity index (χ1n) is 22.8. The van der Waals surface area contributed by atoms with Crippen LogP contribution in [0.4, 0.5) is 0 Å². The minimum absolute atomic E-state index is 0.103. The number of aromatic carboxylic acids is 1. The Labute approximate surface area is 388 Å². The molecule has 0 aliphatic rings. The molecular weight excluding hydrogens is 833 g/mol. The average Bonchev–Trinajstić information content (AvgIpc) is 3.34. The van der Waals surface area contributed by atoms with Gasteiger partial charge in [0.05, 0.1) is 23.3 Å². The number of ether oxygens (including phenoxy) is 3. The van der Waals surface area contributed by atoms with Crippen LogP contribution in [0.1, 0.15) is 109 Å². The molecule has 0 saturated heterocycles. The molecule has 0 fully saturated rings. The normalized spacial score (nSPS) is 13.6. The van der Waals surface area contributed by atoms with E-state index in [0.29, 0.717) is 48.9 Å². The number of phenolic OH excluding ortho intramolecular Hbond substituents is 1. The minimum Gasteiger partial charge on any atom is -0.508 e. The summed E-state index contributed by atoms with van der Waals surface area (Å²) in [5.41, 5.74) is 8.05. The highest BCUT2D eigenvalue weighted by molar-refractivity contribution is 5.94. The van der Waals surface area contributed by atoms with Gasteiger partial charge in [-0.2, -0.15) is 0 Å². The third-order valence-electron chi connectivity index (χ3n) is 11.9. The van der Waals surface area contributed by atoms with Crippen molar-refractivity contribution in [2.45, 2.75) is 84.1 Å². The third kappa shape index (κ3) is 13.1. The van der Waals surface area contributed by atoms with Crippen LogP contribution in [0.25, 0.3) is 22.3 Å². The second-order valence-electron chi connectivity index (χ2n) is 16.7. The number of rotatable bonds is 23. The fraction of sp³-hybridized carbons (Fsp3) is 0.309. The number of nitrogens with one attached hydrogen (secondary N) is 2. The lowest BCUT2D eigenvalue weighted by Gasteiger charge is -2.21. The van der Waals surface area contributed by atoms with E-state index >= 15 is 0 Å². The highest BCUT2D eigenvalue weighted by Gasteiger charge is 2.21. The number of aryl methyl sites for hydroxylation is 1. The Morgan fingerprint density at radius 1 is 0.606 bits per heavy atom. The molecule has 0 saturated carbocycles. The lowest BCUT2D eigenvalue weighted by molar-refractivity contribution is 0.0694. The standard InChI is InChI=1S/C55H62N2O9/c1-6-8-43-33-44(54(61)62)18-27-49(43)39-13-23-47(24-14-39)65-32-30-57-37(5)53(60)41-15-25-48(26-16-41)66-55(63)50-28-17-42(34-51(50)35(3)7-2)38-11-21-46(22-12-38)64-31-29-56-36(4)52(59)40-9-19-45(58)20-10-40/h9-28,33-37,52-53,56-60H,6-8,29-32H2,1-5H3,(H,61,62)/t35?,36-,37-,52-,53-/m1/s1. The van der Waals surface area contributed by atoms with Crippen molar-refractivity contribution >= 4 is 11.9 Å². The molecule has 6 N–H and O–H groups in total. The van der Waals surface area contributed by atoms with Crippen molar-refractivity contribution in [3.8, 4) is 45.3 Å². The molecular formula is C55H62N2O9. The highest BCUT2D eigenvalue weighted by Crippen LogP contribution is 2.32. The molecule has 0 bridgehead atoms. The van der Waals surface area contributed by atoms with E-state index in [2.05, 4.69) is 37.5 Å². The summed E-state index contributed by atoms with van der Waals surface area (Å²) in [5.74, 6) is 0.680. The van der Waals surface area contributed by atoms with Gasteiger partial charge >= 0.3 is 11.9 Å². The van der Waals surface area contributed by atoms with Crippen molar-refractivity contribution in [2.24, 2.45) is 0 Å². The third-order valence-corrected chi connectivity index (χ3v) is 11.9. The van der Waals surface area contributed by atoms with E-state index in [1.54, 1.807) is 60.7 Å². The molecule has 0 radical (unpaired) electrons. The van der Waals surface area contributed by atoms with Crippen LogP contribution in [0.3, 0.4) is 0 Å². The summed E-state index contributed by atoms with van der Waals surface area (Å²) < 4.78 is 17.8. The molecule has 346 valence electrons. The maximum absolute atomic E-state index is 13.6. The van der Waals surface area contributed by atoms with Crippen LogP contribution in [0.5, 0.6) is 23.0 Å². The first kappa shape index (κ1) is 48.9. The molecule has 5 atom stereocenters. The molecule has 6 rings (SSSR count). The molecule has 1 unspecified atom stereocenters. The van der Waals surface area contributed by atoms with E-state index in [1.165, 1.54) is 0 Å². The SMILES string of the molecule is CCCc1cc(C(=O)O)ccc1-c1ccc(OCCN[C@H](C)[C@@H](O)c2ccc(OC(=O)c3ccc(-c4ccc(OCCN[C@H](C)[C@@H](O)c5ccc(O)cc5)cc4)cc3C(C)CC)cc2)cc1. The highest BCUT2D eigenvalue weighted by atomic mass is 16.5. The average molecular weight is 895 g/mol. The molecule has 6 aromatic carbocycles. The quantitative estimate of drug-likeness (QED) is 0.0206. The van der Waals surface area contributed by atoms with Crippen LogP contribution in [0.15, 0.2) is 133 Å². The lowest BCUT2D eigenvalue weighted by atomic mass is 9.90. The first-order chi connectivity index (χ1) is 31.8. The first-order valence-corrected chi connectivity index (χ1v) is 22.8. The van der Waals surface area contributed by atoms with Crippen LogP contribution in [-0.4, -0.2) is 70.8 Å². The minimum atomic E-state index is -0.933. The van der Waals surface area contributed by atoms with Crippen molar-refractivity contribution in [1.29, 1.82) is 0 Å². The Kier molecular flexibility index (Phi) is 17.5. The molecule has 0 spiro atoms. The number of esters is 1. The van der Waals surface area contributed by atoms with E-state index in [1.807, 2.05) is 80.6 Å². The summed E-state index contributed by atoms with van der Waals surface area (Å²) in [4.78, 5) is 25.1. The maximum Gasteiger partial charge on any atom is 0.343 e. The molecule has 6 aromatic rings. The van der Waals surface area contributed by atoms with Gasteiger partial charge in [-0.25, -0.2) is 9.59 Å². The Hall–Kier alpha value is -6.50. The van der Waals surface area contributed by atoms with Gasteiger partial charge in [-0.1, -0.05) is 93.9 Å². The van der Waals surface area contributed by atoms with Crippen LogP contribution in [0.2, 0.25) is 0 Å². The van der Waals surface area contributed by atoms with E-state index in [4.69, 9.17) is 14.2 Å². The number of benzene rings is 6. The van der Waals surface area contributed by atoms with Crippen LogP contribution < -0.4 is 24.8 Å². The summed E-state index contributed by atoms with van der Waals surface area (Å²) in [6.45, 7) is 11.9. The number of carboxylic acids is 1. The van der Waals surface area contributed by atoms with Gasteiger partial charge in [0.2, 0.25) is 0 Å². The smallest absolute Gasteiger partial charge is 0.343 e. The second-order valence-corrected chi connectivity index (χ2v) is 16.7. The van der Waals surface area contributed by atoms with Gasteiger partial charge in [0.1, 0.15) is 36.2 Å². The zero-order valence-corrected chi connectivity index (χ0v) is 38.4. The van der Waals surface area contributed by atoms with Crippen LogP contribution in [0, 0.1) is 0 Å². The Morgan fingerprint density at radius 3 is 1.65 bits per heavy atom. The number of carbonyl (C=O) groups is 2. The van der Waals surface area contributed by atoms with E-state index < -0.39 is 24.1 Å². The molecule has 11 nitrogen and oxygen atoms in total. The van der Waals surface area contributed by atoms with Crippen molar-refractivity contribution in [1.82, 2.24) is 10.6 Å². The zero-order chi connectivity index (χ0) is 47.2. The number of carboxylic acid groups (broad SMARTS) is 1. The van der Waals surface area contributed by atoms with E-state index in [9.17, 15) is 30.0 Å². The number of aliphatic hydroxyl groups is 2. The zero-order valence-electron chi connectivity index (χ0n) is 38.4. The van der Waals surface area contributed by atoms with E-state index in [-0.39, 0.29) is 29.3 Å². The molecule has 66 heavy (non-hydrogen) atoms. The number of hydrogen-bond donors (Lipinski definition) is 6. The summed E-state index contributed by atoms with van der Waals surface area (Å²) in [6, 6.07) is 39.6. The second kappa shape index (κ2) is 23.6. The number of hydrogen-bond acceptors (Lipinski definition) is 10. The molecule has 0 aliphatic carbocycles. The van der Waals surface area contributed by atoms with Gasteiger partial charge in [-0.15, -0.1) is 0 Å². The maximum atomic E-state index is 13.6. The number of carbonyl (C=O) groups excluding carboxylic acids is 1. The Morgan fingerprint density at radius 2 is 1.12 bits per heavy atom. The molecule has 0 aliphatic heterocycles. The van der Waals surface area contributed by atoms with E-state index in [0.717, 1.165) is 64.0 Å². The molecule has 11 heteroatoms. The predicted molar refractivity (Wildman–Crippen MR) is 259 cm³/mol. The lowest BCUT2D eigenvalue weighted by Crippen LogP contribution is -2.35. The van der Waals surface area contributed by atoms with Gasteiger partial charge < -0.3 is 45.3 Å². The molecule has 0 aromatic heterocycles. The number of aromatic hydroxyl groups is 1. The number of aliphatic hydroxyl groups excluding tert-OH is 2. The van der Waals surface area contributed by atoms with Gasteiger partial charge in [0.15, 0.2) is 0 Å². The van der Waals surface area contributed by atoms with Gasteiger partial charge in [0, 0.05) is 25.2 Å². The largest absolute Gasteiger partial charge is 0.508 e. The molecule has 0 heterocycles. The van der Waals surface area contributed by atoms with Crippen molar-refractivity contribution in [3.63, 3.8) is 0 Å². The number of phenols is 1. The Balaban J connectivity index is 0.966. The fourth-order valence-electron chi connectivity index (χ4n) is 7.79. The summed E-state index contributed by atoms with van der Waals surface area (Å²) >= 11 is 0. The van der Waals surface area contributed by atoms with Crippen LogP contribution in [-0.2, 0) is 6.42 Å². The van der Waals surface area contributed by atoms with Gasteiger partial charge in [-0.05, 0) is 144 Å².